The maximum Gasteiger partial charge on any atom is 0.105 e. The second kappa shape index (κ2) is 3.64. The predicted octanol–water partition coefficient (Wildman–Crippen LogP) is 2.74. The maximum absolute atomic E-state index is 2.34. The van der Waals surface area contributed by atoms with Gasteiger partial charge >= 0.3 is 0 Å². The molecule has 2 aliphatic rings. The fourth-order valence-corrected chi connectivity index (χ4v) is 3.32. The quantitative estimate of drug-likeness (QED) is 0.567. The van der Waals surface area contributed by atoms with Gasteiger partial charge in [-0.05, 0) is 24.8 Å². The van der Waals surface area contributed by atoms with Crippen LogP contribution < -0.4 is 0 Å². The third-order valence-corrected chi connectivity index (χ3v) is 4.24. The third-order valence-electron chi connectivity index (χ3n) is 4.24. The molecule has 0 atom stereocenters. The van der Waals surface area contributed by atoms with Crippen LogP contribution in [-0.2, 0) is 13.0 Å². The van der Waals surface area contributed by atoms with Crippen molar-refractivity contribution in [2.45, 2.75) is 32.2 Å². The molecule has 1 saturated heterocycles. The van der Waals surface area contributed by atoms with E-state index >= 15 is 0 Å². The van der Waals surface area contributed by atoms with Crippen LogP contribution in [-0.4, -0.2) is 24.1 Å². The van der Waals surface area contributed by atoms with Crippen LogP contribution in [0.25, 0.3) is 0 Å². The van der Waals surface area contributed by atoms with Crippen LogP contribution >= 0.6 is 0 Å². The van der Waals surface area contributed by atoms with Gasteiger partial charge in [0.2, 0.25) is 0 Å². The Labute approximate surface area is 92.3 Å². The van der Waals surface area contributed by atoms with E-state index in [1.807, 2.05) is 0 Å². The standard InChI is InChI=1S/C14H20N/c1-4-9-15(10-5-1)11-8-13-6-2-3-7-14(13)12-15/h2-3,6-7H,1,4-5,8-12H2/q+1. The first-order valence-corrected chi connectivity index (χ1v) is 6.30. The largest absolute Gasteiger partial charge is 0.320 e. The molecule has 1 aromatic rings. The van der Waals surface area contributed by atoms with E-state index in [4.69, 9.17) is 0 Å². The molecular formula is C14H20N+. The van der Waals surface area contributed by atoms with Crippen molar-refractivity contribution < 1.29 is 4.48 Å². The highest BCUT2D eigenvalue weighted by atomic mass is 15.4. The molecule has 0 unspecified atom stereocenters. The molecule has 2 heterocycles. The number of hydrogen-bond donors (Lipinski definition) is 0. The first-order valence-electron chi connectivity index (χ1n) is 6.30. The van der Waals surface area contributed by atoms with Crippen LogP contribution in [0.3, 0.4) is 0 Å². The molecule has 80 valence electrons. The first kappa shape index (κ1) is 9.41. The molecule has 3 rings (SSSR count). The molecule has 0 aromatic heterocycles. The summed E-state index contributed by atoms with van der Waals surface area (Å²) in [6.45, 7) is 5.54. The van der Waals surface area contributed by atoms with Gasteiger partial charge in [0.25, 0.3) is 0 Å². The Kier molecular flexibility index (Phi) is 2.28. The SMILES string of the molecule is c1ccc2c(c1)CC[N+]1(CCCCC1)C2. The summed E-state index contributed by atoms with van der Waals surface area (Å²) in [6, 6.07) is 9.04. The van der Waals surface area contributed by atoms with Gasteiger partial charge in [-0.25, -0.2) is 0 Å². The zero-order valence-corrected chi connectivity index (χ0v) is 9.41. The predicted molar refractivity (Wildman–Crippen MR) is 62.6 cm³/mol. The second-order valence-electron chi connectivity index (χ2n) is 5.25. The van der Waals surface area contributed by atoms with Crippen molar-refractivity contribution in [2.75, 3.05) is 19.6 Å². The average Bonchev–Trinajstić information content (AvgIpc) is 2.30. The molecule has 1 nitrogen and oxygen atoms in total. The lowest BCUT2D eigenvalue weighted by molar-refractivity contribution is -0.946. The summed E-state index contributed by atoms with van der Waals surface area (Å²) in [7, 11) is 0. The van der Waals surface area contributed by atoms with Gasteiger partial charge in [-0.2, -0.15) is 0 Å². The molecule has 0 aliphatic carbocycles. The molecule has 1 spiro atoms. The minimum atomic E-state index is 1.30. The van der Waals surface area contributed by atoms with Crippen molar-refractivity contribution in [3.63, 3.8) is 0 Å². The summed E-state index contributed by atoms with van der Waals surface area (Å²) in [5, 5.41) is 0. The van der Waals surface area contributed by atoms with Gasteiger partial charge in [-0.3, -0.25) is 0 Å². The van der Waals surface area contributed by atoms with Gasteiger partial charge in [0.1, 0.15) is 6.54 Å². The van der Waals surface area contributed by atoms with Crippen LogP contribution in [0.4, 0.5) is 0 Å². The smallest absolute Gasteiger partial charge is 0.105 e. The van der Waals surface area contributed by atoms with Crippen molar-refractivity contribution in [1.82, 2.24) is 0 Å². The Balaban J connectivity index is 1.87. The lowest BCUT2D eigenvalue weighted by Gasteiger charge is -2.44. The van der Waals surface area contributed by atoms with Crippen LogP contribution in [0.1, 0.15) is 30.4 Å². The highest BCUT2D eigenvalue weighted by Crippen LogP contribution is 2.29. The Bertz CT molecular complexity index is 350. The van der Waals surface area contributed by atoms with E-state index in [1.165, 1.54) is 56.3 Å². The van der Waals surface area contributed by atoms with E-state index in [0.717, 1.165) is 0 Å². The minimum absolute atomic E-state index is 1.30. The van der Waals surface area contributed by atoms with Crippen LogP contribution in [0.5, 0.6) is 0 Å². The van der Waals surface area contributed by atoms with E-state index in [9.17, 15) is 0 Å². The highest BCUT2D eigenvalue weighted by Gasteiger charge is 2.33. The summed E-state index contributed by atoms with van der Waals surface area (Å²) < 4.78 is 1.39. The summed E-state index contributed by atoms with van der Waals surface area (Å²) in [6.07, 6.45) is 5.65. The topological polar surface area (TPSA) is 0 Å². The van der Waals surface area contributed by atoms with Crippen molar-refractivity contribution >= 4 is 0 Å². The molecule has 1 aromatic carbocycles. The van der Waals surface area contributed by atoms with Gasteiger partial charge in [0.15, 0.2) is 0 Å². The number of benzene rings is 1. The first-order chi connectivity index (χ1) is 7.38. The van der Waals surface area contributed by atoms with E-state index in [1.54, 1.807) is 11.1 Å². The highest BCUT2D eigenvalue weighted by molar-refractivity contribution is 5.27. The summed E-state index contributed by atoms with van der Waals surface area (Å²) in [5.74, 6) is 0. The van der Waals surface area contributed by atoms with Gasteiger partial charge < -0.3 is 4.48 Å². The molecular weight excluding hydrogens is 182 g/mol. The molecule has 1 fully saturated rings. The number of quaternary nitrogens is 1. The van der Waals surface area contributed by atoms with Crippen LogP contribution in [0, 0.1) is 0 Å². The number of hydrogen-bond acceptors (Lipinski definition) is 0. The molecule has 1 heteroatoms. The van der Waals surface area contributed by atoms with Gasteiger partial charge in [-0.15, -0.1) is 0 Å². The molecule has 2 aliphatic heterocycles. The summed E-state index contributed by atoms with van der Waals surface area (Å²) in [5.41, 5.74) is 3.22. The van der Waals surface area contributed by atoms with E-state index in [0.29, 0.717) is 0 Å². The minimum Gasteiger partial charge on any atom is -0.320 e. The van der Waals surface area contributed by atoms with Crippen molar-refractivity contribution in [3.8, 4) is 0 Å². The Morgan fingerprint density at radius 1 is 0.800 bits per heavy atom. The average molecular weight is 202 g/mol. The lowest BCUT2D eigenvalue weighted by Crippen LogP contribution is -2.53. The Morgan fingerprint density at radius 3 is 2.33 bits per heavy atom. The normalized spacial score (nSPS) is 23.7. The van der Waals surface area contributed by atoms with Crippen molar-refractivity contribution in [1.29, 1.82) is 0 Å². The zero-order chi connectivity index (χ0) is 10.1. The number of rotatable bonds is 0. The molecule has 0 saturated carbocycles. The van der Waals surface area contributed by atoms with E-state index < -0.39 is 0 Å². The van der Waals surface area contributed by atoms with Gasteiger partial charge in [0.05, 0.1) is 19.6 Å². The third kappa shape index (κ3) is 1.69. The van der Waals surface area contributed by atoms with Crippen molar-refractivity contribution in [2.24, 2.45) is 0 Å². The Hall–Kier alpha value is -0.820. The molecule has 0 N–H and O–H groups in total. The lowest BCUT2D eigenvalue weighted by atomic mass is 9.95. The molecule has 15 heavy (non-hydrogen) atoms. The second-order valence-corrected chi connectivity index (χ2v) is 5.25. The van der Waals surface area contributed by atoms with E-state index in [-0.39, 0.29) is 0 Å². The number of fused-ring (bicyclic) bond motifs is 1. The Morgan fingerprint density at radius 2 is 1.53 bits per heavy atom. The number of piperidine rings is 1. The zero-order valence-electron chi connectivity index (χ0n) is 9.41. The van der Waals surface area contributed by atoms with Gasteiger partial charge in [-0.1, -0.05) is 24.3 Å². The van der Waals surface area contributed by atoms with Crippen LogP contribution in [0.15, 0.2) is 24.3 Å². The number of nitrogens with zero attached hydrogens (tertiary/aromatic N) is 1. The monoisotopic (exact) mass is 202 g/mol. The molecule has 0 radical (unpaired) electrons. The molecule has 0 bridgehead atoms. The summed E-state index contributed by atoms with van der Waals surface area (Å²) >= 11 is 0. The van der Waals surface area contributed by atoms with Gasteiger partial charge in [0, 0.05) is 12.0 Å². The fourth-order valence-electron chi connectivity index (χ4n) is 3.32. The van der Waals surface area contributed by atoms with Crippen LogP contribution in [0.2, 0.25) is 0 Å². The van der Waals surface area contributed by atoms with E-state index in [2.05, 4.69) is 24.3 Å². The fraction of sp³-hybridized carbons (Fsp3) is 0.571. The molecule has 0 amide bonds. The summed E-state index contributed by atoms with van der Waals surface area (Å²) in [4.78, 5) is 0. The maximum atomic E-state index is 2.34. The van der Waals surface area contributed by atoms with Crippen molar-refractivity contribution in [3.05, 3.63) is 35.4 Å².